The van der Waals surface area contributed by atoms with Crippen LogP contribution >= 0.6 is 0 Å². The Morgan fingerprint density at radius 3 is 2.13 bits per heavy atom. The molecule has 3 heteroatoms. The normalized spacial score (nSPS) is 10.4. The highest BCUT2D eigenvalue weighted by Gasteiger charge is 2.08. The molecule has 0 heterocycles. The summed E-state index contributed by atoms with van der Waals surface area (Å²) in [5.74, 6) is 0.0125. The minimum atomic E-state index is 0.0125. The molecular weight excluding hydrogens is 284 g/mol. The summed E-state index contributed by atoms with van der Waals surface area (Å²) in [7, 11) is 0. The average molecular weight is 310 g/mol. The number of rotatable bonds is 7. The quantitative estimate of drug-likeness (QED) is 0.815. The maximum absolute atomic E-state index is 12.1. The van der Waals surface area contributed by atoms with Gasteiger partial charge in [-0.2, -0.15) is 0 Å². The molecular formula is C20H26N2O. The van der Waals surface area contributed by atoms with Crippen LogP contribution in [0.3, 0.4) is 0 Å². The third-order valence-corrected chi connectivity index (χ3v) is 4.03. The molecule has 0 aromatic heterocycles. The van der Waals surface area contributed by atoms with Crippen molar-refractivity contribution in [1.29, 1.82) is 0 Å². The number of carbonyl (C=O) groups excluding carboxylic acids is 1. The van der Waals surface area contributed by atoms with Crippen molar-refractivity contribution in [1.82, 2.24) is 5.32 Å². The van der Waals surface area contributed by atoms with Gasteiger partial charge in [0, 0.05) is 12.2 Å². The molecule has 0 unspecified atom stereocenters. The Bertz CT molecular complexity index is 625. The molecule has 0 radical (unpaired) electrons. The zero-order valence-electron chi connectivity index (χ0n) is 14.3. The first kappa shape index (κ1) is 17.1. The van der Waals surface area contributed by atoms with Crippen LogP contribution in [0.5, 0.6) is 0 Å². The van der Waals surface area contributed by atoms with E-state index in [9.17, 15) is 4.79 Å². The molecule has 0 aliphatic carbocycles. The summed E-state index contributed by atoms with van der Waals surface area (Å²) in [6, 6.07) is 14.5. The van der Waals surface area contributed by atoms with Gasteiger partial charge in [0.25, 0.3) is 0 Å². The summed E-state index contributed by atoms with van der Waals surface area (Å²) >= 11 is 0. The van der Waals surface area contributed by atoms with E-state index >= 15 is 0 Å². The molecule has 2 rings (SSSR count). The van der Waals surface area contributed by atoms with Crippen LogP contribution in [0.2, 0.25) is 0 Å². The van der Waals surface area contributed by atoms with Crippen LogP contribution in [-0.2, 0) is 24.2 Å². The molecule has 1 amide bonds. The lowest BCUT2D eigenvalue weighted by Crippen LogP contribution is -2.29. The van der Waals surface area contributed by atoms with Crippen molar-refractivity contribution in [3.8, 4) is 0 Å². The van der Waals surface area contributed by atoms with Gasteiger partial charge in [-0.15, -0.1) is 0 Å². The monoisotopic (exact) mass is 310 g/mol. The first-order valence-electron chi connectivity index (χ1n) is 8.31. The van der Waals surface area contributed by atoms with Crippen molar-refractivity contribution < 1.29 is 4.79 Å². The molecule has 0 saturated heterocycles. The lowest BCUT2D eigenvalue weighted by atomic mass is 10.0. The zero-order valence-corrected chi connectivity index (χ0v) is 14.3. The van der Waals surface area contributed by atoms with Crippen LogP contribution in [0.4, 0.5) is 5.69 Å². The van der Waals surface area contributed by atoms with E-state index in [1.807, 2.05) is 12.1 Å². The average Bonchev–Trinajstić information content (AvgIpc) is 2.59. The smallest absolute Gasteiger partial charge is 0.239 e. The number of para-hydroxylation sites is 1. The molecule has 2 N–H and O–H groups in total. The Labute approximate surface area is 139 Å². The van der Waals surface area contributed by atoms with Gasteiger partial charge >= 0.3 is 0 Å². The molecule has 0 saturated carbocycles. The first-order valence-corrected chi connectivity index (χ1v) is 8.31. The van der Waals surface area contributed by atoms with Crippen LogP contribution < -0.4 is 10.6 Å². The number of benzene rings is 2. The van der Waals surface area contributed by atoms with E-state index in [1.165, 1.54) is 16.7 Å². The molecule has 0 atom stereocenters. The Balaban J connectivity index is 1.90. The molecule has 122 valence electrons. The van der Waals surface area contributed by atoms with Gasteiger partial charge in [-0.1, -0.05) is 61.9 Å². The van der Waals surface area contributed by atoms with Crippen molar-refractivity contribution in [2.75, 3.05) is 11.9 Å². The third-order valence-electron chi connectivity index (χ3n) is 4.03. The Hall–Kier alpha value is -2.29. The highest BCUT2D eigenvalue weighted by molar-refractivity contribution is 5.81. The summed E-state index contributed by atoms with van der Waals surface area (Å²) in [4.78, 5) is 12.1. The van der Waals surface area contributed by atoms with E-state index in [0.29, 0.717) is 13.1 Å². The molecule has 2 aromatic carbocycles. The maximum atomic E-state index is 12.1. The number of hydrogen-bond donors (Lipinski definition) is 2. The predicted octanol–water partition coefficient (Wildman–Crippen LogP) is 3.85. The second-order valence-electron chi connectivity index (χ2n) is 5.77. The first-order chi connectivity index (χ1) is 11.1. The van der Waals surface area contributed by atoms with Gasteiger partial charge in [-0.05, 0) is 36.5 Å². The number of anilines is 1. The highest BCUT2D eigenvalue weighted by Crippen LogP contribution is 2.22. The van der Waals surface area contributed by atoms with Crippen molar-refractivity contribution in [2.45, 2.75) is 40.2 Å². The molecule has 0 fully saturated rings. The fraction of sp³-hybridized carbons (Fsp3) is 0.350. The second kappa shape index (κ2) is 8.37. The fourth-order valence-electron chi connectivity index (χ4n) is 2.61. The SMILES string of the molecule is CCc1cccc(CC)c1NCC(=O)NCc1ccc(C)cc1. The maximum Gasteiger partial charge on any atom is 0.239 e. The van der Waals surface area contributed by atoms with Crippen molar-refractivity contribution in [3.63, 3.8) is 0 Å². The Morgan fingerprint density at radius 1 is 0.957 bits per heavy atom. The predicted molar refractivity (Wildman–Crippen MR) is 96.7 cm³/mol. The third kappa shape index (κ3) is 4.85. The Kier molecular flexibility index (Phi) is 6.21. The van der Waals surface area contributed by atoms with Crippen LogP contribution in [0, 0.1) is 6.92 Å². The molecule has 23 heavy (non-hydrogen) atoms. The van der Waals surface area contributed by atoms with Crippen LogP contribution in [-0.4, -0.2) is 12.5 Å². The number of aryl methyl sites for hydroxylation is 3. The van der Waals surface area contributed by atoms with Gasteiger partial charge in [0.2, 0.25) is 5.91 Å². The van der Waals surface area contributed by atoms with Crippen LogP contribution in [0.15, 0.2) is 42.5 Å². The van der Waals surface area contributed by atoms with E-state index < -0.39 is 0 Å². The summed E-state index contributed by atoms with van der Waals surface area (Å²) in [5.41, 5.74) is 5.98. The van der Waals surface area contributed by atoms with Crippen molar-refractivity contribution >= 4 is 11.6 Å². The number of hydrogen-bond acceptors (Lipinski definition) is 2. The summed E-state index contributed by atoms with van der Waals surface area (Å²) < 4.78 is 0. The van der Waals surface area contributed by atoms with Crippen molar-refractivity contribution in [2.24, 2.45) is 0 Å². The molecule has 0 spiro atoms. The molecule has 0 aliphatic heterocycles. The largest absolute Gasteiger partial charge is 0.376 e. The van der Waals surface area contributed by atoms with Gasteiger partial charge < -0.3 is 10.6 Å². The van der Waals surface area contributed by atoms with E-state index in [2.05, 4.69) is 61.7 Å². The van der Waals surface area contributed by atoms with E-state index in [-0.39, 0.29) is 5.91 Å². The molecule has 0 aliphatic rings. The summed E-state index contributed by atoms with van der Waals surface area (Å²) in [6.07, 6.45) is 1.92. The van der Waals surface area contributed by atoms with Gasteiger partial charge in [-0.3, -0.25) is 4.79 Å². The highest BCUT2D eigenvalue weighted by atomic mass is 16.1. The number of amides is 1. The molecule has 3 nitrogen and oxygen atoms in total. The lowest BCUT2D eigenvalue weighted by molar-refractivity contribution is -0.119. The van der Waals surface area contributed by atoms with Gasteiger partial charge in [0.15, 0.2) is 0 Å². The van der Waals surface area contributed by atoms with Gasteiger partial charge in [-0.25, -0.2) is 0 Å². The second-order valence-corrected chi connectivity index (χ2v) is 5.77. The van der Waals surface area contributed by atoms with Crippen molar-refractivity contribution in [3.05, 3.63) is 64.7 Å². The van der Waals surface area contributed by atoms with Crippen LogP contribution in [0.25, 0.3) is 0 Å². The standard InChI is InChI=1S/C20H26N2O/c1-4-17-7-6-8-18(5-2)20(17)22-14-19(23)21-13-16-11-9-15(3)10-12-16/h6-12,22H,4-5,13-14H2,1-3H3,(H,21,23). The van der Waals surface area contributed by atoms with Gasteiger partial charge in [0.05, 0.1) is 6.54 Å². The minimum absolute atomic E-state index is 0.0125. The van der Waals surface area contributed by atoms with E-state index in [1.54, 1.807) is 0 Å². The number of nitrogens with one attached hydrogen (secondary N) is 2. The summed E-state index contributed by atoms with van der Waals surface area (Å²) in [5, 5.41) is 6.28. The zero-order chi connectivity index (χ0) is 16.7. The Morgan fingerprint density at radius 2 is 1.57 bits per heavy atom. The lowest BCUT2D eigenvalue weighted by Gasteiger charge is -2.15. The topological polar surface area (TPSA) is 41.1 Å². The van der Waals surface area contributed by atoms with E-state index in [4.69, 9.17) is 0 Å². The van der Waals surface area contributed by atoms with Gasteiger partial charge in [0.1, 0.15) is 0 Å². The van der Waals surface area contributed by atoms with E-state index in [0.717, 1.165) is 24.1 Å². The molecule has 2 aromatic rings. The minimum Gasteiger partial charge on any atom is -0.376 e. The number of carbonyl (C=O) groups is 1. The fourth-order valence-corrected chi connectivity index (χ4v) is 2.61. The molecule has 0 bridgehead atoms. The van der Waals surface area contributed by atoms with Crippen LogP contribution in [0.1, 0.15) is 36.1 Å². The summed E-state index contributed by atoms with van der Waals surface area (Å²) in [6.45, 7) is 7.20.